The number of hydrogen-bond donors (Lipinski definition) is 5. The molecule has 2 unspecified atom stereocenters. The zero-order valence-electron chi connectivity index (χ0n) is 47.7. The first-order chi connectivity index (χ1) is 41.5. The van der Waals surface area contributed by atoms with Crippen LogP contribution in [0.5, 0.6) is 11.8 Å². The number of nitrogens with zero attached hydrogens (tertiary/aromatic N) is 4. The van der Waals surface area contributed by atoms with E-state index >= 15 is 0 Å². The van der Waals surface area contributed by atoms with Crippen LogP contribution in [0.3, 0.4) is 0 Å². The van der Waals surface area contributed by atoms with Gasteiger partial charge in [0.25, 0.3) is 31.0 Å². The molecule has 0 saturated heterocycles. The fraction of sp³-hybridized carbons (Fsp3) is 0.194. The Morgan fingerprint density at radius 3 is 1.31 bits per heavy atom. The molecule has 8 rings (SSSR count). The van der Waals surface area contributed by atoms with Crippen LogP contribution in [0.1, 0.15) is 55.6 Å². The van der Waals surface area contributed by atoms with Crippen LogP contribution in [-0.2, 0) is 67.0 Å². The number of rotatable bonds is 22. The molecular formula is C62H61Cl3N6O14S2. The van der Waals surface area contributed by atoms with Crippen molar-refractivity contribution in [2.24, 2.45) is 10.3 Å². The molecule has 0 saturated carbocycles. The maximum absolute atomic E-state index is 12.9. The van der Waals surface area contributed by atoms with Gasteiger partial charge < -0.3 is 45.1 Å². The van der Waals surface area contributed by atoms with Crippen molar-refractivity contribution in [3.8, 4) is 11.8 Å². The summed E-state index contributed by atoms with van der Waals surface area (Å²) in [4.78, 5) is 42.9. The highest BCUT2D eigenvalue weighted by molar-refractivity contribution is 8.13. The molecular weight excluding hydrogens is 1220 g/mol. The number of carbonyl (C=O) groups is 2. The largest absolute Gasteiger partial charge is 0.472 e. The Kier molecular flexibility index (Phi) is 24.5. The Hall–Kier alpha value is -8.29. The Labute approximate surface area is 518 Å². The molecule has 2 amide bonds. The number of aliphatic hydroxyl groups excluding tert-OH is 1. The summed E-state index contributed by atoms with van der Waals surface area (Å²) in [6.45, 7) is 2.55. The number of aliphatic hydroxyl groups is 3. The number of benzene rings is 6. The molecule has 87 heavy (non-hydrogen) atoms. The van der Waals surface area contributed by atoms with E-state index in [4.69, 9.17) is 57.2 Å². The van der Waals surface area contributed by atoms with E-state index in [1.165, 1.54) is 77.1 Å². The zero-order valence-corrected chi connectivity index (χ0v) is 51.6. The van der Waals surface area contributed by atoms with E-state index in [-0.39, 0.29) is 61.8 Å². The first kappa shape index (κ1) is 67.8. The van der Waals surface area contributed by atoms with Gasteiger partial charge in [-0.25, -0.2) is 18.4 Å². The third-order valence-electron chi connectivity index (χ3n) is 12.9. The summed E-state index contributed by atoms with van der Waals surface area (Å²) >= 11 is 12.9. The Bertz CT molecular complexity index is 3930. The van der Waals surface area contributed by atoms with Gasteiger partial charge in [0.15, 0.2) is 11.4 Å². The van der Waals surface area contributed by atoms with Crippen molar-refractivity contribution in [1.82, 2.24) is 20.6 Å². The molecule has 8 aromatic rings. The standard InChI is InChI=1S/C31H30ClN3O7S.C24H24ClN3O5.C7H7ClO2S/c1-21-13-15-25(16-14-21)43(38,39)42-20-31(37,23-10-5-4-6-11-23)24-17-27(32)30(34-18-24)41-19-22-9-7-8-12-26(22)28(35-40-3)29(36)33-2;1-26-22(30)21(28-32-2)19-11-7-6-8-16(19)14-33-23-20(25)12-18(13-27-23)24(31,15-29)17-9-4-3-5-10-17;1-6-2-4-7(5-3-6)11(8,9)10/h4-18,37H,19-20H2,1-3H3,(H,33,36);3-13,29,31H,14-15H2,1-2H3,(H,26,30);2-5H,1H3/b35-28+;28-21+;. The van der Waals surface area contributed by atoms with Crippen molar-refractivity contribution < 1.29 is 65.1 Å². The molecule has 5 N–H and O–H groups in total. The average molecular weight is 1280 g/mol. The van der Waals surface area contributed by atoms with Crippen molar-refractivity contribution in [3.63, 3.8) is 0 Å². The molecule has 2 atom stereocenters. The number of pyridine rings is 2. The first-order valence-electron chi connectivity index (χ1n) is 26.1. The molecule has 0 spiro atoms. The summed E-state index contributed by atoms with van der Waals surface area (Å²) < 4.78 is 64.3. The molecule has 20 nitrogen and oxygen atoms in total. The topological polar surface area (TPSA) is 284 Å². The Morgan fingerprint density at radius 2 is 0.931 bits per heavy atom. The van der Waals surface area contributed by atoms with Crippen LogP contribution >= 0.6 is 33.9 Å². The highest BCUT2D eigenvalue weighted by Gasteiger charge is 2.36. The average Bonchev–Trinajstić information content (AvgIpc) is 2.30. The number of aromatic nitrogens is 2. The van der Waals surface area contributed by atoms with Gasteiger partial charge in [0.05, 0.1) is 16.4 Å². The molecule has 0 aliphatic rings. The Morgan fingerprint density at radius 1 is 0.552 bits per heavy atom. The lowest BCUT2D eigenvalue weighted by Crippen LogP contribution is -2.34. The predicted molar refractivity (Wildman–Crippen MR) is 330 cm³/mol. The normalized spacial score (nSPS) is 13.0. The fourth-order valence-electron chi connectivity index (χ4n) is 8.15. The minimum Gasteiger partial charge on any atom is -0.472 e. The first-order valence-corrected chi connectivity index (χ1v) is 30.6. The summed E-state index contributed by atoms with van der Waals surface area (Å²) in [6, 6.07) is 46.8. The van der Waals surface area contributed by atoms with E-state index in [2.05, 4.69) is 30.9 Å². The monoisotopic (exact) mass is 1280 g/mol. The molecule has 0 aliphatic carbocycles. The Balaban J connectivity index is 0.000000242. The molecule has 2 aromatic heterocycles. The lowest BCUT2D eigenvalue weighted by molar-refractivity contribution is -0.115. The van der Waals surface area contributed by atoms with Crippen LogP contribution in [0.15, 0.2) is 202 Å². The van der Waals surface area contributed by atoms with Crippen molar-refractivity contribution in [2.75, 3.05) is 41.5 Å². The van der Waals surface area contributed by atoms with Crippen LogP contribution in [0, 0.1) is 13.8 Å². The van der Waals surface area contributed by atoms with E-state index in [0.717, 1.165) is 11.1 Å². The molecule has 0 radical (unpaired) electrons. The SMILES string of the molecule is CNC(=O)/C(=N/OC)c1ccccc1COc1ncc(C(O)(CO)c2ccccc2)cc1Cl.CNC(=O)/C(=N/OC)c1ccccc1COc1ncc(C(O)(COS(=O)(=O)c2ccc(C)cc2)c2ccccc2)cc1Cl.Cc1ccc(S(=O)(=O)Cl)cc1. The minimum atomic E-state index is -4.19. The molecule has 6 aromatic carbocycles. The van der Waals surface area contributed by atoms with Crippen LogP contribution < -0.4 is 20.1 Å². The third-order valence-corrected chi connectivity index (χ3v) is 16.0. The van der Waals surface area contributed by atoms with E-state index in [9.17, 15) is 41.7 Å². The number of amides is 2. The molecule has 2 heterocycles. The zero-order chi connectivity index (χ0) is 63.4. The van der Waals surface area contributed by atoms with Crippen molar-refractivity contribution in [2.45, 2.75) is 48.1 Å². The molecule has 0 bridgehead atoms. The molecule has 0 aliphatic heterocycles. The molecule has 0 fully saturated rings. The van der Waals surface area contributed by atoms with E-state index in [1.807, 2.05) is 19.9 Å². The smallest absolute Gasteiger partial charge is 0.297 e. The summed E-state index contributed by atoms with van der Waals surface area (Å²) in [5.74, 6) is -0.668. The number of carbonyl (C=O) groups excluding carboxylic acids is 2. The number of hydrogen-bond acceptors (Lipinski definition) is 18. The highest BCUT2D eigenvalue weighted by Crippen LogP contribution is 2.36. The number of oxime groups is 2. The fourth-order valence-corrected chi connectivity index (χ4v) is 10.3. The van der Waals surface area contributed by atoms with Gasteiger partial charge in [0, 0.05) is 59.4 Å². The third kappa shape index (κ3) is 17.9. The second-order valence-corrected chi connectivity index (χ2v) is 23.7. The number of halogens is 3. The quantitative estimate of drug-likeness (QED) is 0.0183. The van der Waals surface area contributed by atoms with Crippen molar-refractivity contribution in [3.05, 3.63) is 248 Å². The summed E-state index contributed by atoms with van der Waals surface area (Å²) in [5.41, 5.74) is 2.14. The van der Waals surface area contributed by atoms with Gasteiger partial charge in [-0.1, -0.05) is 178 Å². The van der Waals surface area contributed by atoms with Crippen molar-refractivity contribution >= 4 is 76.3 Å². The molecule has 456 valence electrons. The highest BCUT2D eigenvalue weighted by atomic mass is 35.7. The second-order valence-electron chi connectivity index (χ2n) is 18.7. The number of ether oxygens (including phenoxy) is 2. The van der Waals surface area contributed by atoms with Gasteiger partial charge in [0.2, 0.25) is 11.8 Å². The number of likely N-dealkylation sites (N-methyl/N-ethyl adjacent to an activating group) is 2. The van der Waals surface area contributed by atoms with Crippen molar-refractivity contribution in [1.29, 1.82) is 0 Å². The van der Waals surface area contributed by atoms with E-state index < -0.39 is 55.4 Å². The van der Waals surface area contributed by atoms with E-state index in [1.54, 1.807) is 127 Å². The lowest BCUT2D eigenvalue weighted by atomic mass is 9.88. The van der Waals surface area contributed by atoms with E-state index in [0.29, 0.717) is 38.9 Å². The predicted octanol–water partition coefficient (Wildman–Crippen LogP) is 8.92. The summed E-state index contributed by atoms with van der Waals surface area (Å²) in [5, 5.41) is 45.8. The van der Waals surface area contributed by atoms with Gasteiger partial charge in [-0.3, -0.25) is 13.8 Å². The van der Waals surface area contributed by atoms with Gasteiger partial charge in [-0.15, -0.1) is 0 Å². The van der Waals surface area contributed by atoms with Crippen LogP contribution in [-0.4, -0.2) is 107 Å². The lowest BCUT2D eigenvalue weighted by Gasteiger charge is -2.29. The minimum absolute atomic E-state index is 0.0250. The maximum atomic E-state index is 12.9. The number of nitrogens with one attached hydrogen (secondary N) is 2. The van der Waals surface area contributed by atoms with Gasteiger partial charge in [-0.05, 0) is 72.5 Å². The molecule has 25 heteroatoms. The van der Waals surface area contributed by atoms with Crippen LogP contribution in [0.4, 0.5) is 0 Å². The van der Waals surface area contributed by atoms with Crippen LogP contribution in [0.25, 0.3) is 0 Å². The second kappa shape index (κ2) is 31.4. The van der Waals surface area contributed by atoms with Gasteiger partial charge in [0.1, 0.15) is 55.3 Å². The van der Waals surface area contributed by atoms with Crippen LogP contribution in [0.2, 0.25) is 10.0 Å². The maximum Gasteiger partial charge on any atom is 0.297 e. The van der Waals surface area contributed by atoms with Gasteiger partial charge >= 0.3 is 0 Å². The number of aryl methyl sites for hydroxylation is 2. The van der Waals surface area contributed by atoms with Gasteiger partial charge in [-0.2, -0.15) is 8.42 Å². The summed E-state index contributed by atoms with van der Waals surface area (Å²) in [7, 11) is 3.03. The summed E-state index contributed by atoms with van der Waals surface area (Å²) in [6.07, 6.45) is 2.74.